The Hall–Kier alpha value is -3.28. The Balaban J connectivity index is 1.36. The largest absolute Gasteiger partial charge is 0.454 e. The number of fused-ring (bicyclic) bond motifs is 1. The van der Waals surface area contributed by atoms with E-state index in [1.165, 1.54) is 5.56 Å². The first-order valence-electron chi connectivity index (χ1n) is 8.10. The van der Waals surface area contributed by atoms with Gasteiger partial charge in [0.05, 0.1) is 0 Å². The molecule has 0 spiro atoms. The number of nitrogens with zero attached hydrogens (tertiary/aromatic N) is 2. The summed E-state index contributed by atoms with van der Waals surface area (Å²) in [7, 11) is 0. The molecule has 0 atom stereocenters. The molecule has 0 saturated carbocycles. The molecule has 0 fully saturated rings. The highest BCUT2D eigenvalue weighted by atomic mass is 16.7. The van der Waals surface area contributed by atoms with Crippen LogP contribution < -0.4 is 20.1 Å². The molecular formula is C19H18N4O2. The summed E-state index contributed by atoms with van der Waals surface area (Å²) < 4.78 is 10.7. The fourth-order valence-corrected chi connectivity index (χ4v) is 2.56. The molecule has 0 unspecified atom stereocenters. The lowest BCUT2D eigenvalue weighted by Crippen LogP contribution is -2.06. The third-order valence-corrected chi connectivity index (χ3v) is 3.86. The summed E-state index contributed by atoms with van der Waals surface area (Å²) in [5.41, 5.74) is 2.28. The summed E-state index contributed by atoms with van der Waals surface area (Å²) in [6.45, 7) is 1.62. The molecule has 2 N–H and O–H groups in total. The van der Waals surface area contributed by atoms with Gasteiger partial charge < -0.3 is 20.1 Å². The van der Waals surface area contributed by atoms with Crippen molar-refractivity contribution in [1.29, 1.82) is 0 Å². The Labute approximate surface area is 145 Å². The molecule has 1 aromatic heterocycles. The first kappa shape index (κ1) is 15.3. The Morgan fingerprint density at radius 3 is 2.60 bits per heavy atom. The van der Waals surface area contributed by atoms with Crippen LogP contribution in [-0.2, 0) is 13.1 Å². The Morgan fingerprint density at radius 1 is 0.840 bits per heavy atom. The van der Waals surface area contributed by atoms with Crippen LogP contribution in [0.4, 0.5) is 11.8 Å². The van der Waals surface area contributed by atoms with E-state index in [2.05, 4.69) is 32.7 Å². The van der Waals surface area contributed by atoms with Gasteiger partial charge in [0.2, 0.25) is 12.7 Å². The van der Waals surface area contributed by atoms with Crippen LogP contribution in [0.25, 0.3) is 0 Å². The summed E-state index contributed by atoms with van der Waals surface area (Å²) in [6, 6.07) is 17.9. The third kappa shape index (κ3) is 3.80. The Kier molecular flexibility index (Phi) is 4.33. The van der Waals surface area contributed by atoms with Crippen molar-refractivity contribution in [2.75, 3.05) is 17.4 Å². The van der Waals surface area contributed by atoms with Crippen LogP contribution in [0.3, 0.4) is 0 Å². The van der Waals surface area contributed by atoms with E-state index in [-0.39, 0.29) is 6.79 Å². The zero-order valence-corrected chi connectivity index (χ0v) is 13.6. The minimum Gasteiger partial charge on any atom is -0.454 e. The fourth-order valence-electron chi connectivity index (χ4n) is 2.56. The van der Waals surface area contributed by atoms with Gasteiger partial charge in [-0.05, 0) is 29.3 Å². The zero-order chi connectivity index (χ0) is 16.9. The van der Waals surface area contributed by atoms with Crippen LogP contribution in [0.5, 0.6) is 11.5 Å². The van der Waals surface area contributed by atoms with Gasteiger partial charge in [-0.2, -0.15) is 4.98 Å². The molecule has 2 aromatic carbocycles. The number of aromatic nitrogens is 2. The smallest absolute Gasteiger partial charge is 0.231 e. The standard InChI is InChI=1S/C19H18N4O2/c1-2-4-14(5-3-1)11-22-19-20-9-8-18(23-19)21-12-15-6-7-16-17(10-15)25-13-24-16/h1-10H,11-13H2,(H2,20,21,22,23). The van der Waals surface area contributed by atoms with Crippen LogP contribution >= 0.6 is 0 Å². The molecule has 0 saturated heterocycles. The number of rotatable bonds is 6. The average molecular weight is 334 g/mol. The van der Waals surface area contributed by atoms with Crippen molar-refractivity contribution in [2.24, 2.45) is 0 Å². The predicted molar refractivity (Wildman–Crippen MR) is 95.7 cm³/mol. The lowest BCUT2D eigenvalue weighted by atomic mass is 10.2. The average Bonchev–Trinajstić information content (AvgIpc) is 3.14. The molecule has 6 nitrogen and oxygen atoms in total. The van der Waals surface area contributed by atoms with Gasteiger partial charge in [-0.3, -0.25) is 0 Å². The van der Waals surface area contributed by atoms with Gasteiger partial charge in [0, 0.05) is 19.3 Å². The molecule has 126 valence electrons. The first-order chi connectivity index (χ1) is 12.4. The van der Waals surface area contributed by atoms with E-state index in [1.807, 2.05) is 42.5 Å². The van der Waals surface area contributed by atoms with Gasteiger partial charge in [0.15, 0.2) is 11.5 Å². The number of nitrogens with one attached hydrogen (secondary N) is 2. The predicted octanol–water partition coefficient (Wildman–Crippen LogP) is 3.43. The van der Waals surface area contributed by atoms with Gasteiger partial charge in [0.25, 0.3) is 0 Å². The highest BCUT2D eigenvalue weighted by molar-refractivity contribution is 5.46. The first-order valence-corrected chi connectivity index (χ1v) is 8.10. The number of benzene rings is 2. The molecule has 1 aliphatic heterocycles. The fraction of sp³-hybridized carbons (Fsp3) is 0.158. The maximum absolute atomic E-state index is 5.40. The van der Waals surface area contributed by atoms with Crippen molar-refractivity contribution in [2.45, 2.75) is 13.1 Å². The molecule has 2 heterocycles. The molecule has 0 radical (unpaired) electrons. The van der Waals surface area contributed by atoms with Crippen LogP contribution in [0, 0.1) is 0 Å². The van der Waals surface area contributed by atoms with E-state index in [9.17, 15) is 0 Å². The molecule has 0 aliphatic carbocycles. The van der Waals surface area contributed by atoms with Crippen molar-refractivity contribution in [3.05, 3.63) is 71.9 Å². The summed E-state index contributed by atoms with van der Waals surface area (Å²) in [5.74, 6) is 2.94. The second-order valence-corrected chi connectivity index (χ2v) is 5.65. The molecule has 1 aliphatic rings. The van der Waals surface area contributed by atoms with Gasteiger partial charge in [-0.15, -0.1) is 0 Å². The van der Waals surface area contributed by atoms with Crippen LogP contribution in [-0.4, -0.2) is 16.8 Å². The highest BCUT2D eigenvalue weighted by Gasteiger charge is 2.13. The SMILES string of the molecule is c1ccc(CNc2nccc(NCc3ccc4c(c3)OCO4)n2)cc1. The van der Waals surface area contributed by atoms with Crippen molar-refractivity contribution in [3.63, 3.8) is 0 Å². The van der Waals surface area contributed by atoms with Gasteiger partial charge in [-0.25, -0.2) is 4.98 Å². The van der Waals surface area contributed by atoms with Gasteiger partial charge in [-0.1, -0.05) is 36.4 Å². The Bertz CT molecular complexity index is 855. The van der Waals surface area contributed by atoms with Crippen LogP contribution in [0.15, 0.2) is 60.8 Å². The van der Waals surface area contributed by atoms with E-state index in [0.717, 1.165) is 22.9 Å². The summed E-state index contributed by atoms with van der Waals surface area (Å²) in [5, 5.41) is 6.54. The molecular weight excluding hydrogens is 316 g/mol. The minimum absolute atomic E-state index is 0.286. The number of hydrogen-bond acceptors (Lipinski definition) is 6. The van der Waals surface area contributed by atoms with E-state index in [0.29, 0.717) is 19.0 Å². The second kappa shape index (κ2) is 7.09. The lowest BCUT2D eigenvalue weighted by molar-refractivity contribution is 0.174. The highest BCUT2D eigenvalue weighted by Crippen LogP contribution is 2.32. The summed E-state index contributed by atoms with van der Waals surface area (Å²) in [4.78, 5) is 8.74. The second-order valence-electron chi connectivity index (χ2n) is 5.65. The van der Waals surface area contributed by atoms with Gasteiger partial charge >= 0.3 is 0 Å². The molecule has 3 aromatic rings. The molecule has 0 bridgehead atoms. The van der Waals surface area contributed by atoms with Gasteiger partial charge in [0.1, 0.15) is 5.82 Å². The van der Waals surface area contributed by atoms with Crippen molar-refractivity contribution in [3.8, 4) is 11.5 Å². The van der Waals surface area contributed by atoms with Crippen LogP contribution in [0.2, 0.25) is 0 Å². The lowest BCUT2D eigenvalue weighted by Gasteiger charge is -2.09. The van der Waals surface area contributed by atoms with E-state index in [4.69, 9.17) is 9.47 Å². The van der Waals surface area contributed by atoms with E-state index < -0.39 is 0 Å². The van der Waals surface area contributed by atoms with E-state index in [1.54, 1.807) is 6.20 Å². The normalized spacial score (nSPS) is 12.0. The van der Waals surface area contributed by atoms with E-state index >= 15 is 0 Å². The monoisotopic (exact) mass is 334 g/mol. The zero-order valence-electron chi connectivity index (χ0n) is 13.6. The summed E-state index contributed by atoms with van der Waals surface area (Å²) >= 11 is 0. The maximum Gasteiger partial charge on any atom is 0.231 e. The maximum atomic E-state index is 5.40. The van der Waals surface area contributed by atoms with Crippen molar-refractivity contribution >= 4 is 11.8 Å². The third-order valence-electron chi connectivity index (χ3n) is 3.86. The molecule has 6 heteroatoms. The molecule has 25 heavy (non-hydrogen) atoms. The molecule has 0 amide bonds. The molecule has 4 rings (SSSR count). The minimum atomic E-state index is 0.286. The van der Waals surface area contributed by atoms with Crippen molar-refractivity contribution in [1.82, 2.24) is 9.97 Å². The van der Waals surface area contributed by atoms with Crippen LogP contribution in [0.1, 0.15) is 11.1 Å². The van der Waals surface area contributed by atoms with Crippen molar-refractivity contribution < 1.29 is 9.47 Å². The Morgan fingerprint density at radius 2 is 1.68 bits per heavy atom. The number of anilines is 2. The number of hydrogen-bond donors (Lipinski definition) is 2. The topological polar surface area (TPSA) is 68.3 Å². The quantitative estimate of drug-likeness (QED) is 0.720. The summed E-state index contributed by atoms with van der Waals surface area (Å²) in [6.07, 6.45) is 1.74. The number of ether oxygens (including phenoxy) is 2.